The molecule has 1 N–H and O–H groups in total. The van der Waals surface area contributed by atoms with Gasteiger partial charge in [0.25, 0.3) is 0 Å². The molecule has 1 heterocycles. The summed E-state index contributed by atoms with van der Waals surface area (Å²) in [6.07, 6.45) is 13.1. The Hall–Kier alpha value is -0.120. The molecule has 0 aromatic heterocycles. The SMILES string of the molecule is CNC(CN1CCN(C2CCCC2)CC1)C1CCCCC1. The van der Waals surface area contributed by atoms with Crippen molar-refractivity contribution < 1.29 is 0 Å². The number of rotatable bonds is 5. The van der Waals surface area contributed by atoms with Gasteiger partial charge in [0.2, 0.25) is 0 Å². The summed E-state index contributed by atoms with van der Waals surface area (Å²) in [6, 6.07) is 1.65. The van der Waals surface area contributed by atoms with Crippen LogP contribution < -0.4 is 5.32 Å². The highest BCUT2D eigenvalue weighted by atomic mass is 15.3. The maximum Gasteiger partial charge on any atom is 0.0220 e. The zero-order chi connectivity index (χ0) is 14.5. The van der Waals surface area contributed by atoms with Gasteiger partial charge in [-0.1, -0.05) is 32.1 Å². The molecule has 1 saturated heterocycles. The minimum atomic E-state index is 0.725. The maximum atomic E-state index is 3.63. The third-order valence-electron chi connectivity index (χ3n) is 6.29. The molecule has 3 aliphatic rings. The number of likely N-dealkylation sites (N-methyl/N-ethyl adjacent to an activating group) is 1. The van der Waals surface area contributed by atoms with Crippen LogP contribution in [0.1, 0.15) is 57.8 Å². The van der Waals surface area contributed by atoms with E-state index < -0.39 is 0 Å². The van der Waals surface area contributed by atoms with Crippen molar-refractivity contribution in [3.63, 3.8) is 0 Å². The fourth-order valence-electron chi connectivity index (χ4n) is 4.87. The molecule has 0 aromatic rings. The highest BCUT2D eigenvalue weighted by molar-refractivity contribution is 4.86. The average Bonchev–Trinajstić information content (AvgIpc) is 3.08. The normalized spacial score (nSPS) is 29.0. The van der Waals surface area contributed by atoms with Crippen LogP contribution in [-0.2, 0) is 0 Å². The van der Waals surface area contributed by atoms with E-state index in [0.29, 0.717) is 0 Å². The summed E-state index contributed by atoms with van der Waals surface area (Å²) in [4.78, 5) is 5.50. The third-order valence-corrected chi connectivity index (χ3v) is 6.29. The Morgan fingerprint density at radius 2 is 1.48 bits per heavy atom. The van der Waals surface area contributed by atoms with Gasteiger partial charge in [0.05, 0.1) is 0 Å². The quantitative estimate of drug-likeness (QED) is 0.841. The molecule has 122 valence electrons. The third kappa shape index (κ3) is 4.20. The molecule has 21 heavy (non-hydrogen) atoms. The Balaban J connectivity index is 1.42. The lowest BCUT2D eigenvalue weighted by atomic mass is 9.83. The molecule has 0 spiro atoms. The highest BCUT2D eigenvalue weighted by Crippen LogP contribution is 2.28. The van der Waals surface area contributed by atoms with E-state index in [0.717, 1.165) is 18.0 Å². The van der Waals surface area contributed by atoms with Gasteiger partial charge < -0.3 is 5.32 Å². The predicted molar refractivity (Wildman–Crippen MR) is 89.7 cm³/mol. The summed E-state index contributed by atoms with van der Waals surface area (Å²) >= 11 is 0. The van der Waals surface area contributed by atoms with E-state index in [2.05, 4.69) is 22.2 Å². The van der Waals surface area contributed by atoms with Gasteiger partial charge in [-0.05, 0) is 38.6 Å². The molecular weight excluding hydrogens is 258 g/mol. The van der Waals surface area contributed by atoms with Crippen molar-refractivity contribution in [1.82, 2.24) is 15.1 Å². The fourth-order valence-corrected chi connectivity index (χ4v) is 4.87. The monoisotopic (exact) mass is 293 g/mol. The van der Waals surface area contributed by atoms with Gasteiger partial charge in [0.15, 0.2) is 0 Å². The summed E-state index contributed by atoms with van der Waals surface area (Å²) in [5, 5.41) is 3.63. The molecule has 1 unspecified atom stereocenters. The molecule has 2 aliphatic carbocycles. The number of nitrogens with one attached hydrogen (secondary N) is 1. The van der Waals surface area contributed by atoms with E-state index in [4.69, 9.17) is 0 Å². The number of piperazine rings is 1. The van der Waals surface area contributed by atoms with Crippen LogP contribution in [0.2, 0.25) is 0 Å². The van der Waals surface area contributed by atoms with Crippen LogP contribution in [0.4, 0.5) is 0 Å². The van der Waals surface area contributed by atoms with Gasteiger partial charge in [-0.15, -0.1) is 0 Å². The first-order chi connectivity index (χ1) is 10.4. The van der Waals surface area contributed by atoms with Gasteiger partial charge in [-0.3, -0.25) is 9.80 Å². The molecule has 2 saturated carbocycles. The summed E-state index contributed by atoms with van der Waals surface area (Å²) in [7, 11) is 2.17. The van der Waals surface area contributed by atoms with Crippen LogP contribution in [0.25, 0.3) is 0 Å². The smallest absolute Gasteiger partial charge is 0.0220 e. The second kappa shape index (κ2) is 7.94. The van der Waals surface area contributed by atoms with Crippen molar-refractivity contribution in [3.8, 4) is 0 Å². The van der Waals surface area contributed by atoms with Gasteiger partial charge in [0.1, 0.15) is 0 Å². The predicted octanol–water partition coefficient (Wildman–Crippen LogP) is 2.71. The zero-order valence-electron chi connectivity index (χ0n) is 14.0. The van der Waals surface area contributed by atoms with Gasteiger partial charge in [0, 0.05) is 44.8 Å². The summed E-state index contributed by atoms with van der Waals surface area (Å²) in [5.74, 6) is 0.927. The van der Waals surface area contributed by atoms with Crippen molar-refractivity contribution in [2.45, 2.75) is 69.9 Å². The number of hydrogen-bond donors (Lipinski definition) is 1. The van der Waals surface area contributed by atoms with Crippen LogP contribution >= 0.6 is 0 Å². The van der Waals surface area contributed by atoms with Crippen LogP contribution in [0.15, 0.2) is 0 Å². The fraction of sp³-hybridized carbons (Fsp3) is 1.00. The minimum Gasteiger partial charge on any atom is -0.315 e. The lowest BCUT2D eigenvalue weighted by molar-refractivity contribution is 0.0833. The highest BCUT2D eigenvalue weighted by Gasteiger charge is 2.29. The van der Waals surface area contributed by atoms with Crippen LogP contribution in [0, 0.1) is 5.92 Å². The molecular formula is C18H35N3. The Morgan fingerprint density at radius 3 is 2.10 bits per heavy atom. The van der Waals surface area contributed by atoms with Crippen LogP contribution in [-0.4, -0.2) is 61.7 Å². The first kappa shape index (κ1) is 15.8. The summed E-state index contributed by atoms with van der Waals surface area (Å²) in [5.41, 5.74) is 0. The molecule has 3 heteroatoms. The number of hydrogen-bond acceptors (Lipinski definition) is 3. The van der Waals surface area contributed by atoms with Crippen molar-refractivity contribution in [1.29, 1.82) is 0 Å². The first-order valence-electron chi connectivity index (χ1n) is 9.50. The van der Waals surface area contributed by atoms with E-state index in [1.807, 2.05) is 0 Å². The Labute approximate surface area is 131 Å². The minimum absolute atomic E-state index is 0.725. The second-order valence-electron chi connectivity index (χ2n) is 7.57. The van der Waals surface area contributed by atoms with E-state index >= 15 is 0 Å². The molecule has 1 aliphatic heterocycles. The maximum absolute atomic E-state index is 3.63. The molecule has 3 nitrogen and oxygen atoms in total. The van der Waals surface area contributed by atoms with Crippen molar-refractivity contribution >= 4 is 0 Å². The second-order valence-corrected chi connectivity index (χ2v) is 7.57. The van der Waals surface area contributed by atoms with E-state index in [-0.39, 0.29) is 0 Å². The molecule has 3 rings (SSSR count). The van der Waals surface area contributed by atoms with Crippen molar-refractivity contribution in [2.75, 3.05) is 39.8 Å². The zero-order valence-corrected chi connectivity index (χ0v) is 14.0. The van der Waals surface area contributed by atoms with Crippen LogP contribution in [0.5, 0.6) is 0 Å². The van der Waals surface area contributed by atoms with Gasteiger partial charge in [-0.25, -0.2) is 0 Å². The van der Waals surface area contributed by atoms with Crippen LogP contribution in [0.3, 0.4) is 0 Å². The van der Waals surface area contributed by atoms with Gasteiger partial charge >= 0.3 is 0 Å². The van der Waals surface area contributed by atoms with E-state index in [1.54, 1.807) is 0 Å². The van der Waals surface area contributed by atoms with E-state index in [9.17, 15) is 0 Å². The van der Waals surface area contributed by atoms with Crippen molar-refractivity contribution in [3.05, 3.63) is 0 Å². The lowest BCUT2D eigenvalue weighted by Gasteiger charge is -2.41. The Kier molecular flexibility index (Phi) is 5.96. The molecule has 0 bridgehead atoms. The topological polar surface area (TPSA) is 18.5 Å². The Bertz CT molecular complexity index is 287. The molecule has 1 atom stereocenters. The summed E-state index contributed by atoms with van der Waals surface area (Å²) < 4.78 is 0. The van der Waals surface area contributed by atoms with Crippen molar-refractivity contribution in [2.24, 2.45) is 5.92 Å². The molecule has 0 radical (unpaired) electrons. The first-order valence-corrected chi connectivity index (χ1v) is 9.50. The lowest BCUT2D eigenvalue weighted by Crippen LogP contribution is -2.53. The Morgan fingerprint density at radius 1 is 0.857 bits per heavy atom. The molecule has 0 amide bonds. The number of nitrogens with zero attached hydrogens (tertiary/aromatic N) is 2. The summed E-state index contributed by atoms with van der Waals surface area (Å²) in [6.45, 7) is 6.49. The average molecular weight is 293 g/mol. The van der Waals surface area contributed by atoms with Gasteiger partial charge in [-0.2, -0.15) is 0 Å². The molecule has 3 fully saturated rings. The largest absolute Gasteiger partial charge is 0.315 e. The standard InChI is InChI=1S/C18H35N3/c1-19-18(16-7-3-2-4-8-16)15-20-11-13-21(14-12-20)17-9-5-6-10-17/h16-19H,2-15H2,1H3. The van der Waals surface area contributed by atoms with E-state index in [1.165, 1.54) is 90.5 Å². The molecule has 0 aromatic carbocycles.